The number of piperazine rings is 1. The van der Waals surface area contributed by atoms with Crippen LogP contribution in [0, 0.1) is 25.5 Å². The van der Waals surface area contributed by atoms with Gasteiger partial charge in [0.05, 0.1) is 16.7 Å². The van der Waals surface area contributed by atoms with Crippen LogP contribution in [-0.2, 0) is 4.79 Å². The number of carbonyl (C=O) groups is 2. The molecule has 3 aromatic rings. The molecule has 1 aromatic heterocycles. The highest BCUT2D eigenvalue weighted by atomic mass is 19.1. The van der Waals surface area contributed by atoms with Crippen molar-refractivity contribution in [3.8, 4) is 11.1 Å². The fourth-order valence-electron chi connectivity index (χ4n) is 4.90. The first-order valence-electron chi connectivity index (χ1n) is 11.5. The molecule has 2 N–H and O–H groups in total. The van der Waals surface area contributed by atoms with E-state index in [1.165, 1.54) is 18.2 Å². The predicted octanol–water partition coefficient (Wildman–Crippen LogP) is 4.46. The zero-order valence-electron chi connectivity index (χ0n) is 19.8. The number of hydrogen-bond acceptors (Lipinski definition) is 3. The summed E-state index contributed by atoms with van der Waals surface area (Å²) in [5.74, 6) is -1.82. The molecular formula is C27H26F2N4O2. The smallest absolute Gasteiger partial charge is 0.256 e. The number of anilines is 1. The molecule has 0 aliphatic carbocycles. The monoisotopic (exact) mass is 476 g/mol. The molecule has 2 aromatic carbocycles. The third-order valence-electron chi connectivity index (χ3n) is 6.83. The Balaban J connectivity index is 1.59. The molecule has 35 heavy (non-hydrogen) atoms. The van der Waals surface area contributed by atoms with E-state index in [0.717, 1.165) is 18.7 Å². The number of likely N-dealkylation sites (N-methyl/N-ethyl adjacent to an activating group) is 1. The highest BCUT2D eigenvalue weighted by molar-refractivity contribution is 6.36. The van der Waals surface area contributed by atoms with Crippen molar-refractivity contribution in [1.29, 1.82) is 0 Å². The molecule has 0 spiro atoms. The number of aromatic amines is 1. The molecular weight excluding hydrogens is 450 g/mol. The topological polar surface area (TPSA) is 68.4 Å². The van der Waals surface area contributed by atoms with E-state index in [1.54, 1.807) is 24.3 Å². The third kappa shape index (κ3) is 3.93. The van der Waals surface area contributed by atoms with Gasteiger partial charge in [-0.2, -0.15) is 0 Å². The van der Waals surface area contributed by atoms with Crippen LogP contribution in [0.2, 0.25) is 0 Å². The predicted molar refractivity (Wildman–Crippen MR) is 132 cm³/mol. The maximum absolute atomic E-state index is 14.6. The lowest BCUT2D eigenvalue weighted by atomic mass is 9.93. The Morgan fingerprint density at radius 1 is 0.971 bits per heavy atom. The number of aryl methyl sites for hydroxylation is 1. The van der Waals surface area contributed by atoms with E-state index < -0.39 is 11.6 Å². The number of aromatic nitrogens is 1. The molecule has 0 saturated carbocycles. The van der Waals surface area contributed by atoms with Crippen molar-refractivity contribution in [2.45, 2.75) is 13.8 Å². The average Bonchev–Trinajstić information content (AvgIpc) is 3.29. The highest BCUT2D eigenvalue weighted by Gasteiger charge is 2.31. The number of hydrogen-bond donors (Lipinski definition) is 2. The zero-order valence-corrected chi connectivity index (χ0v) is 19.8. The van der Waals surface area contributed by atoms with Crippen molar-refractivity contribution in [3.05, 3.63) is 76.1 Å². The second kappa shape index (κ2) is 8.78. The van der Waals surface area contributed by atoms with E-state index in [1.807, 2.05) is 25.8 Å². The van der Waals surface area contributed by atoms with Gasteiger partial charge in [-0.05, 0) is 56.3 Å². The van der Waals surface area contributed by atoms with Gasteiger partial charge in [0.1, 0.15) is 11.6 Å². The molecule has 3 heterocycles. The normalized spacial score (nSPS) is 17.1. The molecule has 2 aliphatic rings. The van der Waals surface area contributed by atoms with Crippen LogP contribution in [0.4, 0.5) is 14.5 Å². The van der Waals surface area contributed by atoms with Gasteiger partial charge in [-0.15, -0.1) is 0 Å². The molecule has 180 valence electrons. The first-order chi connectivity index (χ1) is 16.8. The van der Waals surface area contributed by atoms with Crippen LogP contribution < -0.4 is 5.32 Å². The van der Waals surface area contributed by atoms with Crippen LogP contribution in [0.5, 0.6) is 0 Å². The van der Waals surface area contributed by atoms with Crippen LogP contribution in [-0.4, -0.2) is 59.8 Å². The summed E-state index contributed by atoms with van der Waals surface area (Å²) in [5, 5.41) is 2.79. The molecule has 1 fully saturated rings. The lowest BCUT2D eigenvalue weighted by molar-refractivity contribution is -0.110. The Kier molecular flexibility index (Phi) is 5.76. The van der Waals surface area contributed by atoms with Gasteiger partial charge in [0.15, 0.2) is 0 Å². The summed E-state index contributed by atoms with van der Waals surface area (Å²) >= 11 is 0. The van der Waals surface area contributed by atoms with Crippen LogP contribution in [0.15, 0.2) is 36.4 Å². The van der Waals surface area contributed by atoms with E-state index in [4.69, 9.17) is 0 Å². The second-order valence-electron chi connectivity index (χ2n) is 9.10. The van der Waals surface area contributed by atoms with Gasteiger partial charge in [0.2, 0.25) is 0 Å². The highest BCUT2D eigenvalue weighted by Crippen LogP contribution is 2.42. The maximum Gasteiger partial charge on any atom is 0.256 e. The van der Waals surface area contributed by atoms with E-state index in [2.05, 4.69) is 15.2 Å². The van der Waals surface area contributed by atoms with Crippen molar-refractivity contribution in [1.82, 2.24) is 14.8 Å². The Morgan fingerprint density at radius 2 is 1.63 bits per heavy atom. The Hall–Kier alpha value is -3.78. The number of H-pyrrole nitrogens is 1. The minimum atomic E-state index is -0.705. The van der Waals surface area contributed by atoms with Crippen molar-refractivity contribution in [2.24, 2.45) is 0 Å². The molecule has 5 rings (SSSR count). The van der Waals surface area contributed by atoms with Gasteiger partial charge in [-0.3, -0.25) is 9.59 Å². The first-order valence-corrected chi connectivity index (χ1v) is 11.5. The third-order valence-corrected chi connectivity index (χ3v) is 6.83. The van der Waals surface area contributed by atoms with Gasteiger partial charge in [0.25, 0.3) is 11.8 Å². The second-order valence-corrected chi connectivity index (χ2v) is 9.10. The van der Waals surface area contributed by atoms with Gasteiger partial charge >= 0.3 is 0 Å². The van der Waals surface area contributed by atoms with E-state index >= 15 is 0 Å². The summed E-state index contributed by atoms with van der Waals surface area (Å²) in [4.78, 5) is 33.5. The fraction of sp³-hybridized carbons (Fsp3) is 0.259. The molecule has 0 bridgehead atoms. The molecule has 0 radical (unpaired) electrons. The molecule has 2 amide bonds. The van der Waals surface area contributed by atoms with Gasteiger partial charge in [-0.1, -0.05) is 18.2 Å². The minimum absolute atomic E-state index is 0.0422. The summed E-state index contributed by atoms with van der Waals surface area (Å²) in [7, 11) is 2.03. The largest absolute Gasteiger partial charge is 0.358 e. The van der Waals surface area contributed by atoms with E-state index in [9.17, 15) is 18.4 Å². The van der Waals surface area contributed by atoms with Crippen molar-refractivity contribution < 1.29 is 18.4 Å². The minimum Gasteiger partial charge on any atom is -0.358 e. The molecule has 1 saturated heterocycles. The van der Waals surface area contributed by atoms with Gasteiger partial charge < -0.3 is 20.1 Å². The molecule has 2 aliphatic heterocycles. The number of amides is 2. The van der Waals surface area contributed by atoms with Crippen molar-refractivity contribution in [3.63, 3.8) is 0 Å². The molecule has 6 nitrogen and oxygen atoms in total. The number of halogens is 2. The number of benzene rings is 2. The summed E-state index contributed by atoms with van der Waals surface area (Å²) < 4.78 is 29.3. The van der Waals surface area contributed by atoms with Crippen LogP contribution in [0.1, 0.15) is 32.9 Å². The zero-order chi connectivity index (χ0) is 24.9. The van der Waals surface area contributed by atoms with Gasteiger partial charge in [-0.25, -0.2) is 8.78 Å². The van der Waals surface area contributed by atoms with Crippen molar-refractivity contribution >= 4 is 29.2 Å². The Bertz CT molecular complexity index is 1360. The number of rotatable bonds is 3. The lowest BCUT2D eigenvalue weighted by Gasteiger charge is -2.32. The van der Waals surface area contributed by atoms with Crippen LogP contribution in [0.3, 0.4) is 0 Å². The summed E-state index contributed by atoms with van der Waals surface area (Å²) in [6, 6.07) is 8.65. The van der Waals surface area contributed by atoms with Crippen LogP contribution in [0.25, 0.3) is 22.8 Å². The molecule has 0 atom stereocenters. The number of nitrogens with one attached hydrogen (secondary N) is 2. The van der Waals surface area contributed by atoms with Crippen molar-refractivity contribution in [2.75, 3.05) is 38.5 Å². The summed E-state index contributed by atoms with van der Waals surface area (Å²) in [6.07, 6.45) is 1.66. The quantitative estimate of drug-likeness (QED) is 0.549. The molecule has 8 heteroatoms. The van der Waals surface area contributed by atoms with E-state index in [-0.39, 0.29) is 28.5 Å². The van der Waals surface area contributed by atoms with Gasteiger partial charge in [0, 0.05) is 48.8 Å². The lowest BCUT2D eigenvalue weighted by Crippen LogP contribution is -2.47. The average molecular weight is 477 g/mol. The SMILES string of the molecule is Cc1[nH]c(/C=C2\C(=O)Nc3cccc(-c4c(F)cccc4F)c32)c(C)c1C(=O)N1CCN(C)CC1. The Labute approximate surface area is 202 Å². The number of carbonyl (C=O) groups excluding carboxylic acids is 2. The Morgan fingerprint density at radius 3 is 2.31 bits per heavy atom. The number of nitrogens with zero attached hydrogens (tertiary/aromatic N) is 2. The standard InChI is InChI=1S/C27H26F2N4O2/c1-15-22(30-16(2)23(15)27(35)33-12-10-32(3)11-13-33)14-18-24-17(6-4-9-21(24)31-26(18)34)25-19(28)7-5-8-20(25)29/h4-9,14,30H,10-13H2,1-3H3,(H,31,34)/b18-14-. The first kappa shape index (κ1) is 23.0. The fourth-order valence-corrected chi connectivity index (χ4v) is 4.90. The summed E-state index contributed by atoms with van der Waals surface area (Å²) in [5.41, 5.74) is 3.95. The molecule has 0 unspecified atom stereocenters. The summed E-state index contributed by atoms with van der Waals surface area (Å²) in [6.45, 7) is 6.62. The number of fused-ring (bicyclic) bond motifs is 1. The van der Waals surface area contributed by atoms with E-state index in [0.29, 0.717) is 41.3 Å². The maximum atomic E-state index is 14.6. The van der Waals surface area contributed by atoms with Crippen LogP contribution >= 0.6 is 0 Å².